The second kappa shape index (κ2) is 8.17. The van der Waals surface area contributed by atoms with Crippen LogP contribution in [0.3, 0.4) is 0 Å². The van der Waals surface area contributed by atoms with Crippen LogP contribution in [-0.4, -0.2) is 34.2 Å². The van der Waals surface area contributed by atoms with Crippen molar-refractivity contribution in [1.29, 1.82) is 0 Å². The second-order valence-electron chi connectivity index (χ2n) is 7.52. The number of likely N-dealkylation sites (tertiary alicyclic amines) is 1. The Labute approximate surface area is 168 Å². The summed E-state index contributed by atoms with van der Waals surface area (Å²) in [7, 11) is 0. The number of carbonyl (C=O) groups excluding carboxylic acids is 1. The average Bonchev–Trinajstić information content (AvgIpc) is 3.24. The van der Waals surface area contributed by atoms with Gasteiger partial charge in [0.1, 0.15) is 6.29 Å². The van der Waals surface area contributed by atoms with E-state index in [1.807, 2.05) is 6.92 Å². The van der Waals surface area contributed by atoms with E-state index in [2.05, 4.69) is 45.4 Å². The quantitative estimate of drug-likeness (QED) is 0.550. The number of nitrogens with zero attached hydrogens (tertiary/aromatic N) is 3. The van der Waals surface area contributed by atoms with Crippen LogP contribution in [0.2, 0.25) is 0 Å². The number of fused-ring (bicyclic) bond motifs is 1. The third-order valence-electron chi connectivity index (χ3n) is 5.46. The fourth-order valence-electron chi connectivity index (χ4n) is 4.01. The van der Waals surface area contributed by atoms with Gasteiger partial charge in [-0.3, -0.25) is 4.90 Å². The zero-order valence-electron chi connectivity index (χ0n) is 15.9. The Morgan fingerprint density at radius 2 is 2.04 bits per heavy atom. The van der Waals surface area contributed by atoms with Gasteiger partial charge < -0.3 is 4.79 Å². The third-order valence-corrected chi connectivity index (χ3v) is 7.21. The number of piperidine rings is 1. The molecule has 0 spiro atoms. The number of thiazole rings is 2. The van der Waals surface area contributed by atoms with Gasteiger partial charge in [-0.25, -0.2) is 9.97 Å². The minimum atomic E-state index is -0.00505. The number of aldehydes is 1. The number of carbonyl (C=O) groups is 1. The van der Waals surface area contributed by atoms with Gasteiger partial charge in [-0.05, 0) is 69.8 Å². The number of hydrogen-bond acceptors (Lipinski definition) is 6. The summed E-state index contributed by atoms with van der Waals surface area (Å²) in [5.74, 6) is 0.613. The molecule has 4 rings (SSSR count). The predicted molar refractivity (Wildman–Crippen MR) is 113 cm³/mol. The third kappa shape index (κ3) is 4.45. The Morgan fingerprint density at radius 1 is 1.22 bits per heavy atom. The van der Waals surface area contributed by atoms with Crippen molar-refractivity contribution >= 4 is 39.2 Å². The van der Waals surface area contributed by atoms with Gasteiger partial charge in [0.25, 0.3) is 0 Å². The van der Waals surface area contributed by atoms with Gasteiger partial charge >= 0.3 is 0 Å². The van der Waals surface area contributed by atoms with Gasteiger partial charge in [0.15, 0.2) is 0 Å². The van der Waals surface area contributed by atoms with Crippen molar-refractivity contribution in [3.05, 3.63) is 44.9 Å². The van der Waals surface area contributed by atoms with Crippen LogP contribution in [0.15, 0.2) is 23.6 Å². The molecule has 1 saturated heterocycles. The van der Waals surface area contributed by atoms with Gasteiger partial charge in [0.2, 0.25) is 0 Å². The fraction of sp³-hybridized carbons (Fsp3) is 0.476. The van der Waals surface area contributed by atoms with Crippen LogP contribution in [0.4, 0.5) is 0 Å². The molecule has 1 atom stereocenters. The summed E-state index contributed by atoms with van der Waals surface area (Å²) in [5.41, 5.74) is 3.37. The predicted octanol–water partition coefficient (Wildman–Crippen LogP) is 4.95. The van der Waals surface area contributed by atoms with E-state index in [9.17, 15) is 4.79 Å². The highest BCUT2D eigenvalue weighted by Gasteiger charge is 2.24. The van der Waals surface area contributed by atoms with Crippen molar-refractivity contribution in [1.82, 2.24) is 14.9 Å². The van der Waals surface area contributed by atoms with Crippen LogP contribution in [0.5, 0.6) is 0 Å². The number of rotatable bonds is 6. The summed E-state index contributed by atoms with van der Waals surface area (Å²) in [5, 5.41) is 4.38. The lowest BCUT2D eigenvalue weighted by molar-refractivity contribution is -0.109. The first-order valence-corrected chi connectivity index (χ1v) is 11.3. The van der Waals surface area contributed by atoms with Crippen molar-refractivity contribution in [2.24, 2.45) is 5.92 Å². The molecule has 2 aromatic heterocycles. The van der Waals surface area contributed by atoms with E-state index in [-0.39, 0.29) is 5.92 Å². The van der Waals surface area contributed by atoms with Crippen LogP contribution in [0, 0.1) is 19.8 Å². The van der Waals surface area contributed by atoms with Crippen molar-refractivity contribution in [2.45, 2.75) is 45.6 Å². The van der Waals surface area contributed by atoms with E-state index < -0.39 is 0 Å². The van der Waals surface area contributed by atoms with Crippen molar-refractivity contribution < 1.29 is 4.79 Å². The summed E-state index contributed by atoms with van der Waals surface area (Å²) in [6.07, 6.45) is 4.42. The molecule has 0 bridgehead atoms. The Hall–Kier alpha value is -1.63. The minimum absolute atomic E-state index is 0.00505. The monoisotopic (exact) mass is 399 g/mol. The Balaban J connectivity index is 1.35. The van der Waals surface area contributed by atoms with E-state index in [1.165, 1.54) is 10.4 Å². The van der Waals surface area contributed by atoms with E-state index in [0.717, 1.165) is 66.3 Å². The fourth-order valence-corrected chi connectivity index (χ4v) is 5.49. The van der Waals surface area contributed by atoms with Crippen LogP contribution >= 0.6 is 22.7 Å². The molecular weight excluding hydrogens is 374 g/mol. The molecule has 0 aliphatic carbocycles. The maximum absolute atomic E-state index is 11.8. The Morgan fingerprint density at radius 3 is 2.74 bits per heavy atom. The largest absolute Gasteiger partial charge is 0.303 e. The van der Waals surface area contributed by atoms with E-state index in [1.54, 1.807) is 22.7 Å². The van der Waals surface area contributed by atoms with Crippen LogP contribution < -0.4 is 0 Å². The Kier molecular flexibility index (Phi) is 5.66. The van der Waals surface area contributed by atoms with Crippen LogP contribution in [0.25, 0.3) is 10.2 Å². The molecule has 1 fully saturated rings. The summed E-state index contributed by atoms with van der Waals surface area (Å²) in [6, 6.07) is 6.31. The molecule has 6 heteroatoms. The molecule has 1 aliphatic heterocycles. The zero-order chi connectivity index (χ0) is 18.8. The highest BCUT2D eigenvalue weighted by molar-refractivity contribution is 7.18. The van der Waals surface area contributed by atoms with Crippen molar-refractivity contribution in [2.75, 3.05) is 13.1 Å². The first-order chi connectivity index (χ1) is 13.1. The summed E-state index contributed by atoms with van der Waals surface area (Å²) < 4.78 is 1.19. The van der Waals surface area contributed by atoms with Gasteiger partial charge in [-0.2, -0.15) is 0 Å². The maximum Gasteiger partial charge on any atom is 0.127 e. The molecular formula is C21H25N3OS2. The van der Waals surface area contributed by atoms with Gasteiger partial charge in [-0.15, -0.1) is 22.7 Å². The topological polar surface area (TPSA) is 46.1 Å². The molecule has 0 saturated carbocycles. The number of benzene rings is 1. The van der Waals surface area contributed by atoms with Gasteiger partial charge in [0.05, 0.1) is 25.9 Å². The maximum atomic E-state index is 11.8. The molecule has 3 aromatic rings. The first kappa shape index (κ1) is 18.7. The van der Waals surface area contributed by atoms with E-state index in [0.29, 0.717) is 5.92 Å². The molecule has 27 heavy (non-hydrogen) atoms. The lowest BCUT2D eigenvalue weighted by Crippen LogP contribution is -2.33. The van der Waals surface area contributed by atoms with Gasteiger partial charge in [-0.1, -0.05) is 6.07 Å². The van der Waals surface area contributed by atoms with Crippen LogP contribution in [0.1, 0.15) is 46.5 Å². The lowest BCUT2D eigenvalue weighted by Gasteiger charge is -2.32. The standard InChI is InChI=1S/C21H25N3OS2/c1-14-22-19(13-26-14)11-24-7-5-16(6-8-24)9-18(12-25)17-3-4-20-21(10-17)27-15(2)23-20/h3-4,10,12-13,16,18H,5-9,11H2,1-2H3. The molecule has 0 radical (unpaired) electrons. The average molecular weight is 400 g/mol. The van der Waals surface area contributed by atoms with Gasteiger partial charge in [0, 0.05) is 17.8 Å². The number of hydrogen-bond donors (Lipinski definition) is 0. The van der Waals surface area contributed by atoms with E-state index >= 15 is 0 Å². The molecule has 0 N–H and O–H groups in total. The Bertz CT molecular complexity index is 925. The molecule has 1 unspecified atom stereocenters. The smallest absolute Gasteiger partial charge is 0.127 e. The van der Waals surface area contributed by atoms with E-state index in [4.69, 9.17) is 0 Å². The minimum Gasteiger partial charge on any atom is -0.303 e. The molecule has 0 amide bonds. The molecule has 1 aliphatic rings. The van der Waals surface area contributed by atoms with Crippen molar-refractivity contribution in [3.63, 3.8) is 0 Å². The van der Waals surface area contributed by atoms with Crippen molar-refractivity contribution in [3.8, 4) is 0 Å². The molecule has 3 heterocycles. The second-order valence-corrected chi connectivity index (χ2v) is 9.81. The molecule has 1 aromatic carbocycles. The lowest BCUT2D eigenvalue weighted by atomic mass is 9.84. The summed E-state index contributed by atoms with van der Waals surface area (Å²) in [4.78, 5) is 23.4. The highest BCUT2D eigenvalue weighted by Crippen LogP contribution is 2.32. The first-order valence-electron chi connectivity index (χ1n) is 9.56. The summed E-state index contributed by atoms with van der Waals surface area (Å²) in [6.45, 7) is 7.24. The number of aryl methyl sites for hydroxylation is 2. The number of aromatic nitrogens is 2. The summed E-state index contributed by atoms with van der Waals surface area (Å²) >= 11 is 3.43. The SMILES string of the molecule is Cc1nc(CN2CCC(CC(C=O)c3ccc4nc(C)sc4c3)CC2)cs1. The van der Waals surface area contributed by atoms with Crippen LogP contribution in [-0.2, 0) is 11.3 Å². The molecule has 4 nitrogen and oxygen atoms in total. The molecule has 142 valence electrons. The highest BCUT2D eigenvalue weighted by atomic mass is 32.1. The normalized spacial score (nSPS) is 17.4. The zero-order valence-corrected chi connectivity index (χ0v) is 17.5.